The Morgan fingerprint density at radius 2 is 0.647 bits per heavy atom. The van der Waals surface area contributed by atoms with E-state index in [9.17, 15) is 0 Å². The number of rotatable bonds is 3. The minimum Gasteiger partial charge on any atom is -0.412 e. The van der Waals surface area contributed by atoms with Gasteiger partial charge in [-0.25, -0.2) is 0 Å². The molecule has 0 spiro atoms. The Morgan fingerprint density at radius 3 is 0.647 bits per heavy atom. The molecule has 0 amide bonds. The van der Waals surface area contributed by atoms with Crippen molar-refractivity contribution in [3.63, 3.8) is 0 Å². The first-order chi connectivity index (χ1) is 6.81. The summed E-state index contributed by atoms with van der Waals surface area (Å²) in [6, 6.07) is 0. The fourth-order valence-corrected chi connectivity index (χ4v) is 0. The van der Waals surface area contributed by atoms with Crippen LogP contribution in [0.3, 0.4) is 0 Å². The standard InChI is InChI=1S/3C4H10O.H2O.Zr/c3*1-4(2)3-5;;/h3*4-5H,3H2,1-2H3;1H2;. The van der Waals surface area contributed by atoms with Gasteiger partial charge in [-0.05, 0) is 17.8 Å². The molecule has 0 saturated carbocycles. The third kappa shape index (κ3) is 80.2. The fourth-order valence-electron chi connectivity index (χ4n) is 0. The van der Waals surface area contributed by atoms with Crippen molar-refractivity contribution in [2.75, 3.05) is 19.8 Å². The van der Waals surface area contributed by atoms with Crippen LogP contribution in [0.25, 0.3) is 0 Å². The summed E-state index contributed by atoms with van der Waals surface area (Å²) in [5.41, 5.74) is 0. The first kappa shape index (κ1) is 30.6. The fraction of sp³-hybridized carbons (Fsp3) is 1.00. The second-order valence-electron chi connectivity index (χ2n) is 4.73. The molecule has 108 valence electrons. The average Bonchev–Trinajstić information content (AvgIpc) is 2.19. The monoisotopic (exact) mass is 330 g/mol. The third-order valence-electron chi connectivity index (χ3n) is 1.10. The summed E-state index contributed by atoms with van der Waals surface area (Å²) < 4.78 is 0. The van der Waals surface area contributed by atoms with E-state index in [4.69, 9.17) is 15.3 Å². The van der Waals surface area contributed by atoms with Gasteiger partial charge in [0.15, 0.2) is 0 Å². The van der Waals surface area contributed by atoms with E-state index in [2.05, 4.69) is 0 Å². The maximum Gasteiger partial charge on any atom is 0.0453 e. The molecule has 0 aliphatic heterocycles. The van der Waals surface area contributed by atoms with Crippen molar-refractivity contribution in [3.05, 3.63) is 0 Å². The van der Waals surface area contributed by atoms with E-state index in [1.54, 1.807) is 0 Å². The summed E-state index contributed by atoms with van der Waals surface area (Å²) in [5, 5.41) is 24.4. The summed E-state index contributed by atoms with van der Waals surface area (Å²) in [6.07, 6.45) is 0. The van der Waals surface area contributed by atoms with Crippen molar-refractivity contribution in [2.45, 2.75) is 41.5 Å². The summed E-state index contributed by atoms with van der Waals surface area (Å²) in [6.45, 7) is 12.7. The van der Waals surface area contributed by atoms with Crippen molar-refractivity contribution in [1.82, 2.24) is 0 Å². The first-order valence-electron chi connectivity index (χ1n) is 5.64. The summed E-state index contributed by atoms with van der Waals surface area (Å²) in [4.78, 5) is 0. The second kappa shape index (κ2) is 25.5. The van der Waals surface area contributed by atoms with Gasteiger partial charge in [0.05, 0.1) is 0 Å². The third-order valence-corrected chi connectivity index (χ3v) is 1.10. The Kier molecular flexibility index (Phi) is 46.0. The van der Waals surface area contributed by atoms with Crippen LogP contribution in [0.1, 0.15) is 41.5 Å². The maximum absolute atomic E-state index is 8.14. The number of hydrogen-bond donors (Lipinski definition) is 3. The van der Waals surface area contributed by atoms with E-state index < -0.39 is 0 Å². The van der Waals surface area contributed by atoms with Gasteiger partial charge in [-0.2, -0.15) is 0 Å². The van der Waals surface area contributed by atoms with Gasteiger partial charge in [-0.15, -0.1) is 0 Å². The quantitative estimate of drug-likeness (QED) is 0.722. The Bertz CT molecular complexity index is 79.5. The molecule has 5 N–H and O–H groups in total. The minimum absolute atomic E-state index is 0. The molecule has 0 aromatic carbocycles. The summed E-state index contributed by atoms with van der Waals surface area (Å²) >= 11 is 0. The zero-order valence-corrected chi connectivity index (χ0v) is 14.7. The molecule has 0 bridgehead atoms. The zero-order valence-electron chi connectivity index (χ0n) is 12.2. The van der Waals surface area contributed by atoms with Gasteiger partial charge in [-0.1, -0.05) is 41.5 Å². The zero-order chi connectivity index (χ0) is 12.9. The Balaban J connectivity index is -0.0000000400. The second-order valence-corrected chi connectivity index (χ2v) is 4.73. The van der Waals surface area contributed by atoms with Crippen LogP contribution >= 0.6 is 0 Å². The van der Waals surface area contributed by atoms with E-state index in [-0.39, 0.29) is 31.7 Å². The molecule has 0 atom stereocenters. The largest absolute Gasteiger partial charge is 0.412 e. The molecule has 0 aromatic rings. The van der Waals surface area contributed by atoms with Gasteiger partial charge in [0.2, 0.25) is 0 Å². The van der Waals surface area contributed by atoms with Crippen LogP contribution in [0.4, 0.5) is 0 Å². The van der Waals surface area contributed by atoms with Gasteiger partial charge in [-0.3, -0.25) is 0 Å². The summed E-state index contributed by atoms with van der Waals surface area (Å²) in [5.74, 6) is 1.32. The SMILES string of the molecule is CC(C)CO.CC(C)CO.CC(C)CO.O.[Zr]. The van der Waals surface area contributed by atoms with Crippen LogP contribution in [0.5, 0.6) is 0 Å². The number of hydrogen-bond acceptors (Lipinski definition) is 3. The van der Waals surface area contributed by atoms with Crippen LogP contribution in [-0.4, -0.2) is 40.6 Å². The van der Waals surface area contributed by atoms with E-state index in [1.807, 2.05) is 41.5 Å². The number of aliphatic hydroxyl groups excluding tert-OH is 3. The topological polar surface area (TPSA) is 92.2 Å². The molecule has 0 rings (SSSR count). The smallest absolute Gasteiger partial charge is 0.0453 e. The molecule has 0 unspecified atom stereocenters. The first-order valence-corrected chi connectivity index (χ1v) is 5.64. The molecular formula is C12H32O4Zr. The van der Waals surface area contributed by atoms with E-state index >= 15 is 0 Å². The van der Waals surface area contributed by atoms with E-state index in [0.29, 0.717) is 37.6 Å². The van der Waals surface area contributed by atoms with Crippen LogP contribution < -0.4 is 0 Å². The van der Waals surface area contributed by atoms with E-state index in [0.717, 1.165) is 0 Å². The molecule has 0 aromatic heterocycles. The minimum atomic E-state index is 0. The Labute approximate surface area is 126 Å². The molecule has 0 aliphatic carbocycles. The molecule has 4 nitrogen and oxygen atoms in total. The molecule has 0 heterocycles. The predicted octanol–water partition coefficient (Wildman–Crippen LogP) is 1.08. The van der Waals surface area contributed by atoms with Crippen LogP contribution in [0.2, 0.25) is 0 Å². The maximum atomic E-state index is 8.14. The van der Waals surface area contributed by atoms with E-state index in [1.165, 1.54) is 0 Å². The molecule has 0 aliphatic rings. The molecule has 0 radical (unpaired) electrons. The van der Waals surface area contributed by atoms with Crippen molar-refractivity contribution in [3.8, 4) is 0 Å². The molecule has 0 saturated heterocycles. The molecule has 17 heavy (non-hydrogen) atoms. The van der Waals surface area contributed by atoms with Crippen molar-refractivity contribution in [2.24, 2.45) is 17.8 Å². The normalized spacial score (nSPS) is 8.47. The van der Waals surface area contributed by atoms with Crippen molar-refractivity contribution >= 4 is 0 Å². The summed E-state index contributed by atoms with van der Waals surface area (Å²) in [7, 11) is 0. The van der Waals surface area contributed by atoms with Crippen molar-refractivity contribution < 1.29 is 47.0 Å². The van der Waals surface area contributed by atoms with Crippen LogP contribution in [-0.2, 0) is 26.2 Å². The molecular weight excluding hydrogens is 299 g/mol. The van der Waals surface area contributed by atoms with Gasteiger partial charge in [0.25, 0.3) is 0 Å². The van der Waals surface area contributed by atoms with Crippen molar-refractivity contribution in [1.29, 1.82) is 0 Å². The predicted molar refractivity (Wildman–Crippen MR) is 69.4 cm³/mol. The molecule has 5 heteroatoms. The van der Waals surface area contributed by atoms with Gasteiger partial charge >= 0.3 is 0 Å². The van der Waals surface area contributed by atoms with Crippen LogP contribution in [0.15, 0.2) is 0 Å². The average molecular weight is 332 g/mol. The van der Waals surface area contributed by atoms with Gasteiger partial charge < -0.3 is 20.8 Å². The van der Waals surface area contributed by atoms with Gasteiger partial charge in [0, 0.05) is 46.0 Å². The molecule has 0 fully saturated rings. The Hall–Kier alpha value is 0.723. The Morgan fingerprint density at radius 1 is 0.588 bits per heavy atom. The van der Waals surface area contributed by atoms with Gasteiger partial charge in [0.1, 0.15) is 0 Å². The number of aliphatic hydroxyl groups is 3. The van der Waals surface area contributed by atoms with Crippen LogP contribution in [0, 0.1) is 17.8 Å².